The first-order chi connectivity index (χ1) is 14.6. The highest BCUT2D eigenvalue weighted by molar-refractivity contribution is 5.84. The number of hydrogen-bond donors (Lipinski definition) is 2. The number of aliphatic hydroxyl groups excluding tert-OH is 1. The summed E-state index contributed by atoms with van der Waals surface area (Å²) in [7, 11) is 0. The topological polar surface area (TPSA) is 66.4 Å². The first kappa shape index (κ1) is 23.3. The summed E-state index contributed by atoms with van der Waals surface area (Å²) in [5.41, 5.74) is 0.871. The minimum absolute atomic E-state index is 0.0141. The lowest BCUT2D eigenvalue weighted by Gasteiger charge is -2.61. The molecule has 1 amide bonds. The van der Waals surface area contributed by atoms with Gasteiger partial charge in [-0.15, -0.1) is 0 Å². The molecule has 2 N–H and O–H groups in total. The predicted molar refractivity (Wildman–Crippen MR) is 123 cm³/mol. The number of ketones is 1. The first-order valence-electron chi connectivity index (χ1n) is 13.1. The van der Waals surface area contributed by atoms with Gasteiger partial charge in [-0.05, 0) is 117 Å². The Kier molecular flexibility index (Phi) is 6.60. The second-order valence-corrected chi connectivity index (χ2v) is 12.3. The van der Waals surface area contributed by atoms with E-state index >= 15 is 0 Å². The average molecular weight is 432 g/mol. The van der Waals surface area contributed by atoms with Gasteiger partial charge in [-0.2, -0.15) is 0 Å². The highest BCUT2D eigenvalue weighted by Crippen LogP contribution is 2.68. The molecule has 0 spiro atoms. The second-order valence-electron chi connectivity index (χ2n) is 12.3. The molecule has 31 heavy (non-hydrogen) atoms. The quantitative estimate of drug-likeness (QED) is 0.613. The molecule has 4 saturated carbocycles. The molecule has 4 aliphatic carbocycles. The Bertz CT molecular complexity index is 692. The summed E-state index contributed by atoms with van der Waals surface area (Å²) in [6.45, 7) is 9.19. The molecule has 0 bridgehead atoms. The van der Waals surface area contributed by atoms with Crippen LogP contribution in [-0.2, 0) is 9.59 Å². The third-order valence-corrected chi connectivity index (χ3v) is 10.8. The SMILES string of the molecule is CC(=O)CNC(=O)CCC(C)C1CCC2C3CCC4C[C@H](O)CCC4(C)C3CC[C@]12C. The largest absolute Gasteiger partial charge is 0.393 e. The fraction of sp³-hybridized carbons (Fsp3) is 0.926. The summed E-state index contributed by atoms with van der Waals surface area (Å²) in [5, 5.41) is 13.0. The van der Waals surface area contributed by atoms with Crippen molar-refractivity contribution in [3.63, 3.8) is 0 Å². The lowest BCUT2D eigenvalue weighted by Crippen LogP contribution is -2.54. The van der Waals surface area contributed by atoms with E-state index in [1.54, 1.807) is 0 Å². The Morgan fingerprint density at radius 1 is 1.00 bits per heavy atom. The maximum Gasteiger partial charge on any atom is 0.220 e. The molecule has 4 rings (SSSR count). The standard InChI is InChI=1S/C27H45NO3/c1-17(5-10-25(31)28-16-18(2)29)22-8-9-23-21-7-6-19-15-20(30)11-13-26(19,3)24(21)12-14-27(22,23)4/h17,19-24,30H,5-16H2,1-4H3,(H,28,31)/t17?,19?,20-,21?,22?,23?,24?,26?,27-/m1/s1. The van der Waals surface area contributed by atoms with E-state index in [0.717, 1.165) is 48.9 Å². The van der Waals surface area contributed by atoms with E-state index in [1.807, 2.05) is 0 Å². The molecule has 0 aromatic heterocycles. The van der Waals surface area contributed by atoms with Gasteiger partial charge in [-0.3, -0.25) is 9.59 Å². The third-order valence-electron chi connectivity index (χ3n) is 10.8. The van der Waals surface area contributed by atoms with Crippen LogP contribution in [0.25, 0.3) is 0 Å². The highest BCUT2D eigenvalue weighted by atomic mass is 16.3. The highest BCUT2D eigenvalue weighted by Gasteiger charge is 2.60. The van der Waals surface area contributed by atoms with Gasteiger partial charge in [0.2, 0.25) is 5.91 Å². The molecule has 0 radical (unpaired) electrons. The first-order valence-corrected chi connectivity index (χ1v) is 13.1. The summed E-state index contributed by atoms with van der Waals surface area (Å²) in [5.74, 6) is 4.61. The predicted octanol–water partition coefficient (Wildman–Crippen LogP) is 5.13. The summed E-state index contributed by atoms with van der Waals surface area (Å²) in [4.78, 5) is 23.2. The van der Waals surface area contributed by atoms with Crippen molar-refractivity contribution in [3.8, 4) is 0 Å². The number of rotatable bonds is 6. The Labute approximate surface area is 189 Å². The number of aliphatic hydroxyl groups is 1. The fourth-order valence-electron chi connectivity index (χ4n) is 9.08. The summed E-state index contributed by atoms with van der Waals surface area (Å²) in [6, 6.07) is 0. The molecule has 7 unspecified atom stereocenters. The van der Waals surface area contributed by atoms with Gasteiger partial charge in [0.1, 0.15) is 5.78 Å². The normalized spacial score (nSPS) is 45.2. The maximum atomic E-state index is 12.1. The molecule has 0 aromatic carbocycles. The third kappa shape index (κ3) is 4.23. The van der Waals surface area contributed by atoms with Crippen molar-refractivity contribution in [1.29, 1.82) is 0 Å². The number of nitrogens with one attached hydrogen (secondary N) is 1. The van der Waals surface area contributed by atoms with Gasteiger partial charge < -0.3 is 10.4 Å². The van der Waals surface area contributed by atoms with E-state index < -0.39 is 0 Å². The van der Waals surface area contributed by atoms with Gasteiger partial charge in [0.25, 0.3) is 0 Å². The molecule has 4 heteroatoms. The van der Waals surface area contributed by atoms with E-state index in [0.29, 0.717) is 23.2 Å². The number of fused-ring (bicyclic) bond motifs is 5. The van der Waals surface area contributed by atoms with Crippen LogP contribution < -0.4 is 5.32 Å². The molecule has 176 valence electrons. The molecule has 0 aromatic rings. The van der Waals surface area contributed by atoms with Gasteiger partial charge in [0.15, 0.2) is 0 Å². The fourth-order valence-corrected chi connectivity index (χ4v) is 9.08. The number of hydrogen-bond acceptors (Lipinski definition) is 3. The zero-order valence-electron chi connectivity index (χ0n) is 20.3. The average Bonchev–Trinajstić information content (AvgIpc) is 3.08. The number of Topliss-reactive ketones (excluding diaryl/α,β-unsaturated/α-hetero) is 1. The molecule has 0 heterocycles. The zero-order chi connectivity index (χ0) is 22.4. The van der Waals surface area contributed by atoms with Gasteiger partial charge >= 0.3 is 0 Å². The van der Waals surface area contributed by atoms with E-state index in [4.69, 9.17) is 0 Å². The molecule has 4 fully saturated rings. The Morgan fingerprint density at radius 3 is 2.45 bits per heavy atom. The number of amides is 1. The van der Waals surface area contributed by atoms with Crippen molar-refractivity contribution >= 4 is 11.7 Å². The van der Waals surface area contributed by atoms with Crippen molar-refractivity contribution in [3.05, 3.63) is 0 Å². The van der Waals surface area contributed by atoms with Gasteiger partial charge in [0.05, 0.1) is 12.6 Å². The van der Waals surface area contributed by atoms with E-state index in [1.165, 1.54) is 51.9 Å². The van der Waals surface area contributed by atoms with Crippen LogP contribution in [0.3, 0.4) is 0 Å². The smallest absolute Gasteiger partial charge is 0.220 e. The molecular weight excluding hydrogens is 386 g/mol. The molecular formula is C27H45NO3. The summed E-state index contributed by atoms with van der Waals surface area (Å²) >= 11 is 0. The minimum Gasteiger partial charge on any atom is -0.393 e. The van der Waals surface area contributed by atoms with Crippen LogP contribution in [0.4, 0.5) is 0 Å². The van der Waals surface area contributed by atoms with E-state index in [9.17, 15) is 14.7 Å². The summed E-state index contributed by atoms with van der Waals surface area (Å²) in [6.07, 6.45) is 12.7. The molecule has 9 atom stereocenters. The Balaban J connectivity index is 1.40. The van der Waals surface area contributed by atoms with Gasteiger partial charge in [-0.25, -0.2) is 0 Å². The molecule has 0 saturated heterocycles. The lowest BCUT2D eigenvalue weighted by atomic mass is 9.44. The van der Waals surface area contributed by atoms with Crippen LogP contribution >= 0.6 is 0 Å². The Hall–Kier alpha value is -0.900. The van der Waals surface area contributed by atoms with Crippen LogP contribution in [0.5, 0.6) is 0 Å². The van der Waals surface area contributed by atoms with Crippen LogP contribution in [0.15, 0.2) is 0 Å². The van der Waals surface area contributed by atoms with Crippen molar-refractivity contribution in [2.24, 2.45) is 46.3 Å². The monoisotopic (exact) mass is 431 g/mol. The lowest BCUT2D eigenvalue weighted by molar-refractivity contribution is -0.130. The van der Waals surface area contributed by atoms with Crippen LogP contribution in [0.2, 0.25) is 0 Å². The number of carbonyl (C=O) groups is 2. The second kappa shape index (κ2) is 8.80. The molecule has 4 aliphatic rings. The van der Waals surface area contributed by atoms with Crippen LogP contribution in [0.1, 0.15) is 98.3 Å². The van der Waals surface area contributed by atoms with Gasteiger partial charge in [-0.1, -0.05) is 20.8 Å². The number of carbonyl (C=O) groups excluding carboxylic acids is 2. The van der Waals surface area contributed by atoms with Crippen molar-refractivity contribution in [2.45, 2.75) is 104 Å². The molecule has 4 nitrogen and oxygen atoms in total. The van der Waals surface area contributed by atoms with E-state index in [2.05, 4.69) is 26.1 Å². The zero-order valence-corrected chi connectivity index (χ0v) is 20.3. The minimum atomic E-state index is -0.0622. The van der Waals surface area contributed by atoms with Crippen molar-refractivity contribution in [1.82, 2.24) is 5.32 Å². The van der Waals surface area contributed by atoms with Gasteiger partial charge in [0, 0.05) is 6.42 Å². The van der Waals surface area contributed by atoms with Crippen LogP contribution in [-0.4, -0.2) is 29.4 Å². The van der Waals surface area contributed by atoms with Crippen LogP contribution in [0, 0.1) is 46.3 Å². The van der Waals surface area contributed by atoms with E-state index in [-0.39, 0.29) is 24.3 Å². The van der Waals surface area contributed by atoms with Crippen molar-refractivity contribution < 1.29 is 14.7 Å². The summed E-state index contributed by atoms with van der Waals surface area (Å²) < 4.78 is 0. The molecule has 0 aliphatic heterocycles. The maximum absolute atomic E-state index is 12.1. The Morgan fingerprint density at radius 2 is 1.71 bits per heavy atom. The van der Waals surface area contributed by atoms with Crippen molar-refractivity contribution in [2.75, 3.05) is 6.54 Å².